The summed E-state index contributed by atoms with van der Waals surface area (Å²) in [4.78, 5) is 14.4. The van der Waals surface area contributed by atoms with Gasteiger partial charge in [0, 0.05) is 24.7 Å². The lowest BCUT2D eigenvalue weighted by molar-refractivity contribution is -0.0153. The summed E-state index contributed by atoms with van der Waals surface area (Å²) >= 11 is 0. The summed E-state index contributed by atoms with van der Waals surface area (Å²) in [6.07, 6.45) is 8.89. The fourth-order valence-corrected chi connectivity index (χ4v) is 5.54. The number of halogens is 1. The summed E-state index contributed by atoms with van der Waals surface area (Å²) in [5, 5.41) is 3.42. The Labute approximate surface area is 127 Å². The van der Waals surface area contributed by atoms with E-state index in [0.717, 1.165) is 37.3 Å². The first-order valence-corrected chi connectivity index (χ1v) is 7.94. The van der Waals surface area contributed by atoms with Crippen LogP contribution in [0, 0.1) is 17.8 Å². The second-order valence-corrected chi connectivity index (χ2v) is 7.62. The van der Waals surface area contributed by atoms with Gasteiger partial charge in [0.25, 0.3) is 0 Å². The molecule has 2 amide bonds. The SMILES string of the molecule is Cl.NC1CCN(C(=O)NC23CC4CC(CC(C4)C2)C3)C1. The Morgan fingerprint density at radius 3 is 2.10 bits per heavy atom. The van der Waals surface area contributed by atoms with E-state index in [1.165, 1.54) is 38.5 Å². The molecule has 0 aromatic heterocycles. The van der Waals surface area contributed by atoms with Crippen LogP contribution in [0.4, 0.5) is 4.79 Å². The van der Waals surface area contributed by atoms with Crippen molar-refractivity contribution in [3.8, 4) is 0 Å². The van der Waals surface area contributed by atoms with Gasteiger partial charge >= 0.3 is 6.03 Å². The molecule has 0 aromatic rings. The van der Waals surface area contributed by atoms with Crippen LogP contribution in [-0.2, 0) is 0 Å². The second-order valence-electron chi connectivity index (χ2n) is 7.62. The molecule has 5 rings (SSSR count). The van der Waals surface area contributed by atoms with Crippen LogP contribution in [0.2, 0.25) is 0 Å². The molecule has 1 unspecified atom stereocenters. The molecule has 114 valence electrons. The standard InChI is InChI=1S/C15H25N3O.ClH/c16-13-1-2-18(9-13)14(19)17-15-6-10-3-11(7-15)5-12(4-10)8-15;/h10-13H,1-9,16H2,(H,17,19);1H. The van der Waals surface area contributed by atoms with Gasteiger partial charge in [-0.25, -0.2) is 4.79 Å². The number of rotatable bonds is 1. The number of amides is 2. The summed E-state index contributed by atoms with van der Waals surface area (Å²) in [5.74, 6) is 2.65. The number of nitrogens with two attached hydrogens (primary N) is 1. The predicted molar refractivity (Wildman–Crippen MR) is 80.8 cm³/mol. The molecular weight excluding hydrogens is 274 g/mol. The largest absolute Gasteiger partial charge is 0.333 e. The lowest BCUT2D eigenvalue weighted by Gasteiger charge is -2.57. The van der Waals surface area contributed by atoms with Crippen molar-refractivity contribution in [3.63, 3.8) is 0 Å². The molecule has 4 bridgehead atoms. The number of hydrogen-bond donors (Lipinski definition) is 2. The monoisotopic (exact) mass is 299 g/mol. The van der Waals surface area contributed by atoms with Gasteiger partial charge in [-0.15, -0.1) is 12.4 Å². The number of carbonyl (C=O) groups excluding carboxylic acids is 1. The van der Waals surface area contributed by atoms with Crippen molar-refractivity contribution in [2.45, 2.75) is 56.5 Å². The Morgan fingerprint density at radius 2 is 1.65 bits per heavy atom. The lowest BCUT2D eigenvalue weighted by atomic mass is 9.53. The Balaban J connectivity index is 0.00000121. The van der Waals surface area contributed by atoms with Crippen molar-refractivity contribution in [1.29, 1.82) is 0 Å². The molecule has 5 aliphatic rings. The highest BCUT2D eigenvalue weighted by molar-refractivity contribution is 5.85. The molecule has 1 atom stereocenters. The average molecular weight is 300 g/mol. The first kappa shape index (κ1) is 14.5. The van der Waals surface area contributed by atoms with E-state index < -0.39 is 0 Å². The maximum Gasteiger partial charge on any atom is 0.317 e. The van der Waals surface area contributed by atoms with Crippen LogP contribution in [0.5, 0.6) is 0 Å². The topological polar surface area (TPSA) is 58.4 Å². The first-order chi connectivity index (χ1) is 9.12. The van der Waals surface area contributed by atoms with Crippen molar-refractivity contribution in [3.05, 3.63) is 0 Å². The van der Waals surface area contributed by atoms with Gasteiger partial charge < -0.3 is 16.0 Å². The highest BCUT2D eigenvalue weighted by Gasteiger charge is 2.51. The quantitative estimate of drug-likeness (QED) is 0.779. The molecule has 5 heteroatoms. The van der Waals surface area contributed by atoms with E-state index in [1.807, 2.05) is 4.90 Å². The smallest absolute Gasteiger partial charge is 0.317 e. The van der Waals surface area contributed by atoms with Gasteiger partial charge in [-0.3, -0.25) is 0 Å². The van der Waals surface area contributed by atoms with Gasteiger partial charge in [0.15, 0.2) is 0 Å². The minimum atomic E-state index is 0. The van der Waals surface area contributed by atoms with Crippen molar-refractivity contribution in [2.75, 3.05) is 13.1 Å². The third-order valence-electron chi connectivity index (χ3n) is 5.92. The fourth-order valence-electron chi connectivity index (χ4n) is 5.54. The maximum absolute atomic E-state index is 12.4. The molecule has 5 fully saturated rings. The molecule has 3 N–H and O–H groups in total. The van der Waals surface area contributed by atoms with E-state index in [9.17, 15) is 4.79 Å². The molecule has 0 aromatic carbocycles. The van der Waals surface area contributed by atoms with E-state index in [2.05, 4.69) is 5.32 Å². The molecule has 1 heterocycles. The van der Waals surface area contributed by atoms with Crippen molar-refractivity contribution in [1.82, 2.24) is 10.2 Å². The first-order valence-electron chi connectivity index (χ1n) is 7.94. The minimum Gasteiger partial charge on any atom is -0.333 e. The molecule has 4 saturated carbocycles. The summed E-state index contributed by atoms with van der Waals surface area (Å²) in [5.41, 5.74) is 6.04. The van der Waals surface area contributed by atoms with Crippen LogP contribution < -0.4 is 11.1 Å². The van der Waals surface area contributed by atoms with Crippen LogP contribution in [0.15, 0.2) is 0 Å². The van der Waals surface area contributed by atoms with Crippen molar-refractivity contribution < 1.29 is 4.79 Å². The number of nitrogens with one attached hydrogen (secondary N) is 1. The molecule has 4 aliphatic carbocycles. The van der Waals surface area contributed by atoms with E-state index in [-0.39, 0.29) is 30.0 Å². The van der Waals surface area contributed by atoms with Gasteiger partial charge in [-0.1, -0.05) is 0 Å². The minimum absolute atomic E-state index is 0. The molecule has 1 saturated heterocycles. The number of urea groups is 1. The van der Waals surface area contributed by atoms with Gasteiger partial charge in [-0.2, -0.15) is 0 Å². The lowest BCUT2D eigenvalue weighted by Crippen LogP contribution is -2.61. The number of likely N-dealkylation sites (tertiary alicyclic amines) is 1. The Kier molecular flexibility index (Phi) is 3.66. The van der Waals surface area contributed by atoms with Crippen LogP contribution in [0.1, 0.15) is 44.9 Å². The highest BCUT2D eigenvalue weighted by Crippen LogP contribution is 2.55. The van der Waals surface area contributed by atoms with Crippen molar-refractivity contribution >= 4 is 18.4 Å². The van der Waals surface area contributed by atoms with Gasteiger partial charge in [-0.05, 0) is 62.7 Å². The van der Waals surface area contributed by atoms with Crippen LogP contribution in [0.3, 0.4) is 0 Å². The summed E-state index contributed by atoms with van der Waals surface area (Å²) < 4.78 is 0. The molecule has 20 heavy (non-hydrogen) atoms. The molecule has 0 spiro atoms. The zero-order valence-corrected chi connectivity index (χ0v) is 12.8. The Morgan fingerprint density at radius 1 is 1.10 bits per heavy atom. The number of hydrogen-bond acceptors (Lipinski definition) is 2. The van der Waals surface area contributed by atoms with Gasteiger partial charge in [0.2, 0.25) is 0 Å². The normalized spacial score (nSPS) is 45.4. The average Bonchev–Trinajstić information content (AvgIpc) is 2.73. The van der Waals surface area contributed by atoms with E-state index in [0.29, 0.717) is 0 Å². The molecule has 4 nitrogen and oxygen atoms in total. The third-order valence-corrected chi connectivity index (χ3v) is 5.92. The van der Waals surface area contributed by atoms with Crippen LogP contribution >= 0.6 is 12.4 Å². The van der Waals surface area contributed by atoms with Crippen LogP contribution in [-0.4, -0.2) is 35.6 Å². The number of nitrogens with zero attached hydrogens (tertiary/aromatic N) is 1. The highest BCUT2D eigenvalue weighted by atomic mass is 35.5. The maximum atomic E-state index is 12.4. The molecular formula is C15H26ClN3O. The van der Waals surface area contributed by atoms with E-state index in [1.54, 1.807) is 0 Å². The number of carbonyl (C=O) groups is 1. The Bertz CT molecular complexity index is 365. The molecule has 0 radical (unpaired) electrons. The molecule has 1 aliphatic heterocycles. The van der Waals surface area contributed by atoms with E-state index in [4.69, 9.17) is 5.73 Å². The van der Waals surface area contributed by atoms with Gasteiger partial charge in [0.05, 0.1) is 0 Å². The zero-order valence-electron chi connectivity index (χ0n) is 12.0. The summed E-state index contributed by atoms with van der Waals surface area (Å²) in [6, 6.07) is 0.331. The zero-order chi connectivity index (χ0) is 13.0. The third kappa shape index (κ3) is 2.41. The van der Waals surface area contributed by atoms with Crippen molar-refractivity contribution in [2.24, 2.45) is 23.5 Å². The predicted octanol–water partition coefficient (Wildman–Crippen LogP) is 2.12. The summed E-state index contributed by atoms with van der Waals surface area (Å²) in [7, 11) is 0. The fraction of sp³-hybridized carbons (Fsp3) is 0.933. The van der Waals surface area contributed by atoms with Gasteiger partial charge in [0.1, 0.15) is 0 Å². The van der Waals surface area contributed by atoms with E-state index >= 15 is 0 Å². The summed E-state index contributed by atoms with van der Waals surface area (Å²) in [6.45, 7) is 1.57. The van der Waals surface area contributed by atoms with Crippen LogP contribution in [0.25, 0.3) is 0 Å². The Hall–Kier alpha value is -0.480. The second kappa shape index (κ2) is 5.06.